The van der Waals surface area contributed by atoms with Gasteiger partial charge in [0.15, 0.2) is 0 Å². The topological polar surface area (TPSA) is 58.6 Å². The van der Waals surface area contributed by atoms with Gasteiger partial charge in [-0.25, -0.2) is 0 Å². The summed E-state index contributed by atoms with van der Waals surface area (Å²) in [5.41, 5.74) is 0. The summed E-state index contributed by atoms with van der Waals surface area (Å²) in [5, 5.41) is 11.4. The van der Waals surface area contributed by atoms with Crippen molar-refractivity contribution in [2.45, 2.75) is 13.0 Å². The summed E-state index contributed by atoms with van der Waals surface area (Å²) in [6.45, 7) is 2.18. The molecule has 0 aromatic carbocycles. The molecule has 1 aromatic heterocycles. The number of thiophene rings is 1. The second-order valence-corrected chi connectivity index (χ2v) is 4.54. The molecule has 92 valence electrons. The number of methoxy groups -OCH3 is 1. The molecule has 0 saturated heterocycles. The summed E-state index contributed by atoms with van der Waals surface area (Å²) in [6.07, 6.45) is 0. The molecular formula is C12H15NO3S. The Hall–Kier alpha value is -1.35. The Bertz CT molecular complexity index is 430. The summed E-state index contributed by atoms with van der Waals surface area (Å²) in [4.78, 5) is 13.1. The van der Waals surface area contributed by atoms with Crippen LogP contribution in [0, 0.1) is 11.8 Å². The Balaban J connectivity index is 2.60. The highest BCUT2D eigenvalue weighted by molar-refractivity contribution is 7.14. The van der Waals surface area contributed by atoms with Crippen molar-refractivity contribution in [1.82, 2.24) is 5.32 Å². The highest BCUT2D eigenvalue weighted by atomic mass is 32.1. The molecular weight excluding hydrogens is 238 g/mol. The Kier molecular flexibility index (Phi) is 5.70. The average molecular weight is 253 g/mol. The van der Waals surface area contributed by atoms with Crippen molar-refractivity contribution in [3.8, 4) is 11.8 Å². The summed E-state index contributed by atoms with van der Waals surface area (Å²) in [6, 6.07) is 3.46. The summed E-state index contributed by atoms with van der Waals surface area (Å²) in [5.74, 6) is 5.18. The van der Waals surface area contributed by atoms with Crippen molar-refractivity contribution >= 4 is 17.2 Å². The van der Waals surface area contributed by atoms with Crippen molar-refractivity contribution < 1.29 is 14.6 Å². The molecule has 2 N–H and O–H groups in total. The number of ether oxygens (including phenoxy) is 1. The lowest BCUT2D eigenvalue weighted by Crippen LogP contribution is -2.35. The SMILES string of the molecule is COCC(C)NC(=O)c1ccc(C#CCO)s1. The van der Waals surface area contributed by atoms with Crippen LogP contribution in [0.3, 0.4) is 0 Å². The maximum Gasteiger partial charge on any atom is 0.261 e. The van der Waals surface area contributed by atoms with Crippen molar-refractivity contribution in [2.24, 2.45) is 0 Å². The van der Waals surface area contributed by atoms with Crippen LogP contribution in [-0.4, -0.2) is 37.4 Å². The third-order valence-corrected chi connectivity index (χ3v) is 2.91. The van der Waals surface area contributed by atoms with Gasteiger partial charge in [-0.2, -0.15) is 0 Å². The third kappa shape index (κ3) is 4.57. The zero-order valence-electron chi connectivity index (χ0n) is 9.82. The Labute approximate surface area is 105 Å². The maximum atomic E-state index is 11.8. The highest BCUT2D eigenvalue weighted by Gasteiger charge is 2.11. The van der Waals surface area contributed by atoms with E-state index in [-0.39, 0.29) is 18.6 Å². The van der Waals surface area contributed by atoms with Gasteiger partial charge in [0.2, 0.25) is 0 Å². The number of nitrogens with one attached hydrogen (secondary N) is 1. The van der Waals surface area contributed by atoms with Crippen molar-refractivity contribution in [3.63, 3.8) is 0 Å². The molecule has 1 amide bonds. The molecule has 1 heterocycles. The van der Waals surface area contributed by atoms with Crippen LogP contribution in [-0.2, 0) is 4.74 Å². The Morgan fingerprint density at radius 2 is 2.41 bits per heavy atom. The molecule has 0 saturated carbocycles. The van der Waals surface area contributed by atoms with E-state index in [4.69, 9.17) is 9.84 Å². The molecule has 0 aliphatic heterocycles. The predicted molar refractivity (Wildman–Crippen MR) is 67.1 cm³/mol. The van der Waals surface area contributed by atoms with Gasteiger partial charge in [-0.05, 0) is 19.1 Å². The number of rotatable bonds is 4. The Morgan fingerprint density at radius 3 is 3.06 bits per heavy atom. The number of carbonyl (C=O) groups is 1. The van der Waals surface area contributed by atoms with Gasteiger partial charge in [-0.15, -0.1) is 11.3 Å². The summed E-state index contributed by atoms with van der Waals surface area (Å²) >= 11 is 1.30. The fourth-order valence-corrected chi connectivity index (χ4v) is 2.02. The normalized spacial score (nSPS) is 11.5. The summed E-state index contributed by atoms with van der Waals surface area (Å²) < 4.78 is 4.94. The van der Waals surface area contributed by atoms with Crippen LogP contribution < -0.4 is 5.32 Å². The monoisotopic (exact) mass is 253 g/mol. The number of carbonyl (C=O) groups excluding carboxylic acids is 1. The largest absolute Gasteiger partial charge is 0.384 e. The quantitative estimate of drug-likeness (QED) is 0.782. The van der Waals surface area contributed by atoms with Crippen LogP contribution in [0.5, 0.6) is 0 Å². The second-order valence-electron chi connectivity index (χ2n) is 3.45. The number of amides is 1. The van der Waals surface area contributed by atoms with E-state index in [1.54, 1.807) is 19.2 Å². The molecule has 1 aromatic rings. The molecule has 5 heteroatoms. The first-order valence-corrected chi connectivity index (χ1v) is 5.98. The molecule has 0 bridgehead atoms. The first-order chi connectivity index (χ1) is 8.17. The molecule has 17 heavy (non-hydrogen) atoms. The lowest BCUT2D eigenvalue weighted by atomic mass is 10.3. The van der Waals surface area contributed by atoms with Crippen LogP contribution in [0.2, 0.25) is 0 Å². The molecule has 0 fully saturated rings. The van der Waals surface area contributed by atoms with Crippen LogP contribution in [0.25, 0.3) is 0 Å². The first kappa shape index (κ1) is 13.7. The average Bonchev–Trinajstić information content (AvgIpc) is 2.75. The van der Waals surface area contributed by atoms with E-state index in [0.29, 0.717) is 11.5 Å². The van der Waals surface area contributed by atoms with Crippen molar-refractivity contribution in [2.75, 3.05) is 20.3 Å². The highest BCUT2D eigenvalue weighted by Crippen LogP contribution is 2.15. The van der Waals surface area contributed by atoms with E-state index in [2.05, 4.69) is 17.2 Å². The van der Waals surface area contributed by atoms with E-state index in [1.807, 2.05) is 6.92 Å². The van der Waals surface area contributed by atoms with Crippen LogP contribution >= 0.6 is 11.3 Å². The molecule has 1 atom stereocenters. The van der Waals surface area contributed by atoms with E-state index < -0.39 is 0 Å². The van der Waals surface area contributed by atoms with Gasteiger partial charge in [0, 0.05) is 13.2 Å². The third-order valence-electron chi connectivity index (χ3n) is 1.91. The summed E-state index contributed by atoms with van der Waals surface area (Å²) in [7, 11) is 1.59. The fraction of sp³-hybridized carbons (Fsp3) is 0.417. The standard InChI is InChI=1S/C12H15NO3S/c1-9(8-16-2)13-12(15)11-6-5-10(17-11)4-3-7-14/h5-6,9,14H,7-8H2,1-2H3,(H,13,15). The van der Waals surface area contributed by atoms with Crippen LogP contribution in [0.4, 0.5) is 0 Å². The predicted octanol–water partition coefficient (Wildman–Crippen LogP) is 0.857. The van der Waals surface area contributed by atoms with E-state index in [0.717, 1.165) is 4.88 Å². The molecule has 0 aliphatic rings. The molecule has 0 aliphatic carbocycles. The smallest absolute Gasteiger partial charge is 0.261 e. The first-order valence-electron chi connectivity index (χ1n) is 5.16. The number of hydrogen-bond acceptors (Lipinski definition) is 4. The van der Waals surface area contributed by atoms with Crippen molar-refractivity contribution in [3.05, 3.63) is 21.9 Å². The fourth-order valence-electron chi connectivity index (χ4n) is 1.24. The molecule has 0 radical (unpaired) electrons. The van der Waals surface area contributed by atoms with Gasteiger partial charge in [0.1, 0.15) is 6.61 Å². The molecule has 1 rings (SSSR count). The van der Waals surface area contributed by atoms with Crippen molar-refractivity contribution in [1.29, 1.82) is 0 Å². The minimum absolute atomic E-state index is 0.0263. The second kappa shape index (κ2) is 7.07. The van der Waals surface area contributed by atoms with Crippen LogP contribution in [0.15, 0.2) is 12.1 Å². The lowest BCUT2D eigenvalue weighted by Gasteiger charge is -2.11. The minimum Gasteiger partial charge on any atom is -0.384 e. The van der Waals surface area contributed by atoms with Gasteiger partial charge in [-0.1, -0.05) is 11.8 Å². The number of hydrogen-bond donors (Lipinski definition) is 2. The lowest BCUT2D eigenvalue weighted by molar-refractivity contribution is 0.0909. The van der Waals surface area contributed by atoms with Gasteiger partial charge in [-0.3, -0.25) is 4.79 Å². The van der Waals surface area contributed by atoms with Crippen LogP contribution in [0.1, 0.15) is 21.5 Å². The van der Waals surface area contributed by atoms with Gasteiger partial charge in [0.05, 0.1) is 16.4 Å². The van der Waals surface area contributed by atoms with E-state index >= 15 is 0 Å². The minimum atomic E-state index is -0.176. The van der Waals surface area contributed by atoms with E-state index in [1.165, 1.54) is 11.3 Å². The maximum absolute atomic E-state index is 11.8. The van der Waals surface area contributed by atoms with Gasteiger partial charge >= 0.3 is 0 Å². The zero-order chi connectivity index (χ0) is 12.7. The zero-order valence-corrected chi connectivity index (χ0v) is 10.6. The Morgan fingerprint density at radius 1 is 1.65 bits per heavy atom. The molecule has 1 unspecified atom stereocenters. The van der Waals surface area contributed by atoms with E-state index in [9.17, 15) is 4.79 Å². The molecule has 4 nitrogen and oxygen atoms in total. The molecule has 0 spiro atoms. The number of aliphatic hydroxyl groups is 1. The van der Waals surface area contributed by atoms with Gasteiger partial charge < -0.3 is 15.2 Å². The van der Waals surface area contributed by atoms with Gasteiger partial charge in [0.25, 0.3) is 5.91 Å². The number of aliphatic hydroxyl groups excluding tert-OH is 1.